The van der Waals surface area contributed by atoms with Crippen molar-refractivity contribution in [3.8, 4) is 12.3 Å². The highest BCUT2D eigenvalue weighted by Crippen LogP contribution is 2.01. The third-order valence-corrected chi connectivity index (χ3v) is 2.29. The Labute approximate surface area is 91.5 Å². The second-order valence-corrected chi connectivity index (χ2v) is 3.44. The number of hydrogen-bond acceptors (Lipinski definition) is 2. The van der Waals surface area contributed by atoms with E-state index in [1.165, 1.54) is 5.56 Å². The molecule has 0 heterocycles. The SMILES string of the molecule is C#CCN(CCO)CCc1ccccc1. The van der Waals surface area contributed by atoms with Crippen molar-refractivity contribution in [3.63, 3.8) is 0 Å². The summed E-state index contributed by atoms with van der Waals surface area (Å²) in [7, 11) is 0. The molecule has 0 saturated heterocycles. The molecular weight excluding hydrogens is 186 g/mol. The van der Waals surface area contributed by atoms with Crippen LogP contribution >= 0.6 is 0 Å². The number of hydrogen-bond donors (Lipinski definition) is 1. The first-order chi connectivity index (χ1) is 7.36. The normalized spacial score (nSPS) is 10.2. The molecule has 0 bridgehead atoms. The van der Waals surface area contributed by atoms with Crippen LogP contribution in [-0.2, 0) is 6.42 Å². The van der Waals surface area contributed by atoms with Gasteiger partial charge < -0.3 is 5.11 Å². The topological polar surface area (TPSA) is 23.5 Å². The van der Waals surface area contributed by atoms with Gasteiger partial charge in [0.05, 0.1) is 13.2 Å². The van der Waals surface area contributed by atoms with E-state index in [0.717, 1.165) is 13.0 Å². The standard InChI is InChI=1S/C13H17NO/c1-2-9-14(11-12-15)10-8-13-6-4-3-5-7-13/h1,3-7,15H,8-12H2. The molecule has 0 saturated carbocycles. The van der Waals surface area contributed by atoms with Gasteiger partial charge in [-0.15, -0.1) is 6.42 Å². The zero-order chi connectivity index (χ0) is 10.9. The molecule has 80 valence electrons. The summed E-state index contributed by atoms with van der Waals surface area (Å²) < 4.78 is 0. The number of rotatable bonds is 6. The second kappa shape index (κ2) is 7.05. The molecule has 0 spiro atoms. The lowest BCUT2D eigenvalue weighted by Crippen LogP contribution is -2.29. The van der Waals surface area contributed by atoms with Crippen LogP contribution in [0.1, 0.15) is 5.56 Å². The van der Waals surface area contributed by atoms with Gasteiger partial charge in [-0.25, -0.2) is 0 Å². The van der Waals surface area contributed by atoms with E-state index in [4.69, 9.17) is 11.5 Å². The van der Waals surface area contributed by atoms with Gasteiger partial charge in [-0.05, 0) is 12.0 Å². The van der Waals surface area contributed by atoms with Gasteiger partial charge in [-0.1, -0.05) is 36.3 Å². The maximum absolute atomic E-state index is 8.85. The van der Waals surface area contributed by atoms with Gasteiger partial charge in [0.1, 0.15) is 0 Å². The first kappa shape index (κ1) is 11.8. The van der Waals surface area contributed by atoms with E-state index in [-0.39, 0.29) is 6.61 Å². The van der Waals surface area contributed by atoms with Crippen LogP contribution in [-0.4, -0.2) is 36.2 Å². The van der Waals surface area contributed by atoms with Crippen molar-refractivity contribution in [2.45, 2.75) is 6.42 Å². The fourth-order valence-electron chi connectivity index (χ4n) is 1.47. The molecule has 2 heteroatoms. The van der Waals surface area contributed by atoms with Crippen LogP contribution in [0.5, 0.6) is 0 Å². The summed E-state index contributed by atoms with van der Waals surface area (Å²) in [6.07, 6.45) is 6.23. The van der Waals surface area contributed by atoms with Gasteiger partial charge in [-0.2, -0.15) is 0 Å². The predicted octanol–water partition coefficient (Wildman–Crippen LogP) is 1.16. The molecule has 0 unspecified atom stereocenters. The van der Waals surface area contributed by atoms with E-state index >= 15 is 0 Å². The van der Waals surface area contributed by atoms with E-state index in [0.29, 0.717) is 13.1 Å². The molecule has 1 aromatic carbocycles. The number of terminal acetylenes is 1. The number of nitrogens with zero attached hydrogens (tertiary/aromatic N) is 1. The predicted molar refractivity (Wildman–Crippen MR) is 62.5 cm³/mol. The van der Waals surface area contributed by atoms with Crippen LogP contribution in [0.2, 0.25) is 0 Å². The summed E-state index contributed by atoms with van der Waals surface area (Å²) in [5, 5.41) is 8.85. The molecule has 0 fully saturated rings. The van der Waals surface area contributed by atoms with Gasteiger partial charge in [0, 0.05) is 13.1 Å². The third-order valence-electron chi connectivity index (χ3n) is 2.29. The number of benzene rings is 1. The zero-order valence-corrected chi connectivity index (χ0v) is 8.89. The highest BCUT2D eigenvalue weighted by Gasteiger charge is 2.02. The lowest BCUT2D eigenvalue weighted by molar-refractivity contribution is 0.211. The van der Waals surface area contributed by atoms with Crippen LogP contribution in [0.25, 0.3) is 0 Å². The van der Waals surface area contributed by atoms with Crippen molar-refractivity contribution in [2.24, 2.45) is 0 Å². The van der Waals surface area contributed by atoms with E-state index in [2.05, 4.69) is 23.0 Å². The van der Waals surface area contributed by atoms with Gasteiger partial charge in [-0.3, -0.25) is 4.90 Å². The van der Waals surface area contributed by atoms with Gasteiger partial charge in [0.25, 0.3) is 0 Å². The molecule has 0 aliphatic heterocycles. The minimum Gasteiger partial charge on any atom is -0.395 e. The maximum Gasteiger partial charge on any atom is 0.0599 e. The van der Waals surface area contributed by atoms with Crippen LogP contribution in [0.15, 0.2) is 30.3 Å². The van der Waals surface area contributed by atoms with E-state index in [1.54, 1.807) is 0 Å². The number of aliphatic hydroxyl groups is 1. The molecule has 0 radical (unpaired) electrons. The first-order valence-corrected chi connectivity index (χ1v) is 5.17. The molecule has 0 amide bonds. The summed E-state index contributed by atoms with van der Waals surface area (Å²) in [6, 6.07) is 10.3. The largest absolute Gasteiger partial charge is 0.395 e. The van der Waals surface area contributed by atoms with E-state index in [9.17, 15) is 0 Å². The molecule has 1 N–H and O–H groups in total. The Morgan fingerprint density at radius 1 is 1.20 bits per heavy atom. The summed E-state index contributed by atoms with van der Waals surface area (Å²) >= 11 is 0. The average Bonchev–Trinajstić information content (AvgIpc) is 2.28. The lowest BCUT2D eigenvalue weighted by atomic mass is 10.1. The van der Waals surface area contributed by atoms with E-state index < -0.39 is 0 Å². The third kappa shape index (κ3) is 4.64. The Morgan fingerprint density at radius 2 is 1.93 bits per heavy atom. The molecule has 1 rings (SSSR count). The quantitative estimate of drug-likeness (QED) is 0.701. The summed E-state index contributed by atoms with van der Waals surface area (Å²) in [4.78, 5) is 2.08. The molecule has 2 nitrogen and oxygen atoms in total. The Balaban J connectivity index is 2.37. The fraction of sp³-hybridized carbons (Fsp3) is 0.385. The van der Waals surface area contributed by atoms with Crippen molar-refractivity contribution in [3.05, 3.63) is 35.9 Å². The molecule has 0 aliphatic carbocycles. The lowest BCUT2D eigenvalue weighted by Gasteiger charge is -2.18. The Kier molecular flexibility index (Phi) is 5.54. The molecule has 0 aliphatic rings. The average molecular weight is 203 g/mol. The van der Waals surface area contributed by atoms with Crippen molar-refractivity contribution in [2.75, 3.05) is 26.2 Å². The summed E-state index contributed by atoms with van der Waals surface area (Å²) in [6.45, 7) is 2.32. The summed E-state index contributed by atoms with van der Waals surface area (Å²) in [5.41, 5.74) is 1.30. The molecule has 0 atom stereocenters. The van der Waals surface area contributed by atoms with Crippen molar-refractivity contribution in [1.82, 2.24) is 4.90 Å². The first-order valence-electron chi connectivity index (χ1n) is 5.17. The molecule has 15 heavy (non-hydrogen) atoms. The Morgan fingerprint density at radius 3 is 2.53 bits per heavy atom. The Bertz CT molecular complexity index is 302. The second-order valence-electron chi connectivity index (χ2n) is 3.44. The maximum atomic E-state index is 8.85. The van der Waals surface area contributed by atoms with Gasteiger partial charge in [0.2, 0.25) is 0 Å². The van der Waals surface area contributed by atoms with Crippen molar-refractivity contribution < 1.29 is 5.11 Å². The van der Waals surface area contributed by atoms with E-state index in [1.807, 2.05) is 18.2 Å². The monoisotopic (exact) mass is 203 g/mol. The highest BCUT2D eigenvalue weighted by molar-refractivity contribution is 5.14. The van der Waals surface area contributed by atoms with Gasteiger partial charge >= 0.3 is 0 Å². The van der Waals surface area contributed by atoms with Gasteiger partial charge in [0.15, 0.2) is 0 Å². The van der Waals surface area contributed by atoms with Crippen molar-refractivity contribution >= 4 is 0 Å². The summed E-state index contributed by atoms with van der Waals surface area (Å²) in [5.74, 6) is 2.60. The molecule has 1 aromatic rings. The smallest absolute Gasteiger partial charge is 0.0599 e. The number of aliphatic hydroxyl groups excluding tert-OH is 1. The van der Waals surface area contributed by atoms with Crippen molar-refractivity contribution in [1.29, 1.82) is 0 Å². The fourth-order valence-corrected chi connectivity index (χ4v) is 1.47. The Hall–Kier alpha value is -1.30. The molecular formula is C13H17NO. The van der Waals surface area contributed by atoms with Crippen LogP contribution < -0.4 is 0 Å². The highest BCUT2D eigenvalue weighted by atomic mass is 16.3. The zero-order valence-electron chi connectivity index (χ0n) is 8.89. The van der Waals surface area contributed by atoms with Crippen LogP contribution in [0, 0.1) is 12.3 Å². The van der Waals surface area contributed by atoms with Crippen LogP contribution in [0.4, 0.5) is 0 Å². The minimum atomic E-state index is 0.163. The molecule has 0 aromatic heterocycles. The minimum absolute atomic E-state index is 0.163. The van der Waals surface area contributed by atoms with Crippen LogP contribution in [0.3, 0.4) is 0 Å².